The molecule has 3 aromatic carbocycles. The van der Waals surface area contributed by atoms with Crippen LogP contribution in [0.25, 0.3) is 10.9 Å². The van der Waals surface area contributed by atoms with Crippen molar-refractivity contribution in [2.45, 2.75) is 166 Å². The van der Waals surface area contributed by atoms with Crippen LogP contribution in [-0.4, -0.2) is 186 Å². The Balaban J connectivity index is 1.17. The van der Waals surface area contributed by atoms with E-state index in [0.29, 0.717) is 28.8 Å². The van der Waals surface area contributed by atoms with Gasteiger partial charge in [-0.05, 0) is 85.0 Å². The van der Waals surface area contributed by atoms with E-state index in [4.69, 9.17) is 17.2 Å². The molecule has 99 heavy (non-hydrogen) atoms. The number of nitrogens with zero attached hydrogens (tertiary/aromatic N) is 2. The number of H-pyrrole nitrogens is 2. The molecule has 1 fully saturated rings. The van der Waals surface area contributed by atoms with Crippen LogP contribution < -0.4 is 65.1 Å². The van der Waals surface area contributed by atoms with E-state index >= 15 is 0 Å². The molecular formula is C67H90N16O16. The maximum Gasteiger partial charge on any atom is 0.248 e. The summed E-state index contributed by atoms with van der Waals surface area (Å²) in [5.74, 6) is -13.7. The molecule has 32 nitrogen and oxygen atoms in total. The first-order chi connectivity index (χ1) is 46.9. The number of carbonyl (C=O) groups excluding carboxylic acids is 13. The number of fused-ring (bicyclic) bond motifs is 1. The highest BCUT2D eigenvalue weighted by molar-refractivity contribution is 6.00. The van der Waals surface area contributed by atoms with E-state index in [2.05, 4.69) is 62.8 Å². The summed E-state index contributed by atoms with van der Waals surface area (Å²) in [7, 11) is 0. The first-order valence-electron chi connectivity index (χ1n) is 32.5. The van der Waals surface area contributed by atoms with Gasteiger partial charge in [0.2, 0.25) is 76.8 Å². The predicted octanol–water partition coefficient (Wildman–Crippen LogP) is -2.10. The average Bonchev–Trinajstić information content (AvgIpc) is 1.74. The number of aliphatic hydroxyl groups is 1. The topological polar surface area (TPSA) is 517 Å². The number of amides is 13. The number of aromatic amines is 2. The van der Waals surface area contributed by atoms with Gasteiger partial charge < -0.3 is 95.2 Å². The zero-order chi connectivity index (χ0) is 72.8. The maximum absolute atomic E-state index is 14.6. The Morgan fingerprint density at radius 2 is 1.15 bits per heavy atom. The normalized spacial score (nSPS) is 16.1. The molecule has 13 amide bonds. The van der Waals surface area contributed by atoms with E-state index < -0.39 is 175 Å². The van der Waals surface area contributed by atoms with Gasteiger partial charge in [-0.2, -0.15) is 0 Å². The minimum atomic E-state index is -1.81. The third-order valence-corrected chi connectivity index (χ3v) is 17.0. The minimum Gasteiger partial charge on any atom is -0.508 e. The van der Waals surface area contributed by atoms with Crippen LogP contribution in [-0.2, 0) is 88.0 Å². The lowest BCUT2D eigenvalue weighted by Crippen LogP contribution is -2.62. The second-order valence-corrected chi connectivity index (χ2v) is 25.2. The summed E-state index contributed by atoms with van der Waals surface area (Å²) < 4.78 is 0. The monoisotopic (exact) mass is 1370 g/mol. The summed E-state index contributed by atoms with van der Waals surface area (Å²) >= 11 is 0. The van der Waals surface area contributed by atoms with Crippen LogP contribution in [0.2, 0.25) is 0 Å². The van der Waals surface area contributed by atoms with Crippen molar-refractivity contribution in [1.29, 1.82) is 0 Å². The van der Waals surface area contributed by atoms with Gasteiger partial charge in [0.1, 0.15) is 65.9 Å². The fraction of sp³-hybridized carbons (Fsp3) is 0.463. The van der Waals surface area contributed by atoms with Crippen molar-refractivity contribution in [3.8, 4) is 11.5 Å². The summed E-state index contributed by atoms with van der Waals surface area (Å²) in [4.78, 5) is 189. The van der Waals surface area contributed by atoms with Crippen molar-refractivity contribution >= 4 is 87.7 Å². The molecule has 3 heterocycles. The van der Waals surface area contributed by atoms with E-state index in [1.54, 1.807) is 47.0 Å². The predicted molar refractivity (Wildman–Crippen MR) is 358 cm³/mol. The largest absolute Gasteiger partial charge is 0.508 e. The van der Waals surface area contributed by atoms with Gasteiger partial charge in [0.15, 0.2) is 0 Å². The average molecular weight is 1380 g/mol. The molecule has 32 heteroatoms. The number of primary amides is 3. The second-order valence-electron chi connectivity index (χ2n) is 25.2. The third-order valence-electron chi connectivity index (χ3n) is 17.0. The second kappa shape index (κ2) is 36.4. The van der Waals surface area contributed by atoms with Crippen LogP contribution in [0.1, 0.15) is 102 Å². The van der Waals surface area contributed by atoms with Gasteiger partial charge in [0.05, 0.1) is 25.4 Å². The van der Waals surface area contributed by atoms with Gasteiger partial charge in [-0.15, -0.1) is 0 Å². The number of benzene rings is 3. The van der Waals surface area contributed by atoms with Crippen LogP contribution in [0.4, 0.5) is 0 Å². The molecule has 1 saturated heterocycles. The molecule has 1 aliphatic heterocycles. The Kier molecular flexibility index (Phi) is 28.4. The fourth-order valence-corrected chi connectivity index (χ4v) is 11.2. The van der Waals surface area contributed by atoms with Crippen LogP contribution in [0, 0.1) is 17.8 Å². The van der Waals surface area contributed by atoms with E-state index in [1.807, 2.05) is 24.3 Å². The summed E-state index contributed by atoms with van der Waals surface area (Å²) in [6.07, 6.45) is 1.68. The molecule has 2 aromatic heterocycles. The van der Waals surface area contributed by atoms with Gasteiger partial charge in [-0.25, -0.2) is 4.98 Å². The summed E-state index contributed by atoms with van der Waals surface area (Å²) in [5.41, 5.74) is 19.5. The quantitative estimate of drug-likeness (QED) is 0.0203. The Morgan fingerprint density at radius 3 is 1.73 bits per heavy atom. The first-order valence-corrected chi connectivity index (χ1v) is 32.5. The number of hydrogen-bond acceptors (Lipinski definition) is 17. The number of likely N-dealkylation sites (tertiary alicyclic amines) is 1. The number of para-hydroxylation sites is 1. The number of aliphatic hydroxyl groups excluding tert-OH is 1. The first kappa shape index (κ1) is 77.1. The third kappa shape index (κ3) is 22.9. The number of hydrogen-bond donors (Lipinski definition) is 17. The summed E-state index contributed by atoms with van der Waals surface area (Å²) in [5, 5.41) is 55.1. The van der Waals surface area contributed by atoms with E-state index in [1.165, 1.54) is 61.8 Å². The summed E-state index contributed by atoms with van der Waals surface area (Å²) in [6.45, 7) is 8.54. The highest BCUT2D eigenvalue weighted by atomic mass is 16.3. The molecule has 5 aromatic rings. The number of aromatic nitrogens is 3. The molecule has 0 saturated carbocycles. The number of aromatic hydroxyl groups is 2. The Morgan fingerprint density at radius 1 is 0.596 bits per heavy atom. The number of phenolic OH excluding ortho intramolecular Hbond substituents is 2. The Bertz CT molecular complexity index is 3670. The van der Waals surface area contributed by atoms with Gasteiger partial charge in [-0.1, -0.05) is 83.5 Å². The molecule has 0 radical (unpaired) electrons. The Hall–Kier alpha value is -10.9. The molecule has 534 valence electrons. The smallest absolute Gasteiger partial charge is 0.248 e. The molecule has 1 aliphatic rings. The standard InChI is InChI=1S/C67H90N16O16/c1-7-35(4)56(58(70)90)81-66(98)55(34(2)3)80-64(96)50(29-53(69)88)79-61(93)46(22-23-52(68)87)76-65(97)51-13-10-24-83(51)67(99)57(37(6)84)82-63(95)48(27-39-16-20-43(86)21-17-39)75-54(89)32-73-60(92)47(26-38-14-18-42(85)19-15-38)78-62(94)49(28-40-30-72-45-12-9-8-11-44(40)45)77-59(91)36(5)25-41-31-71-33-74-41/h8-9,11-12,14-21,30-31,33-37,46-51,55-57,72,84-86H,7,10,13,22-29,32H2,1-6H3,(H2,68,87)(H2,69,88)(H2,70,90)(H,71,74)(H,73,92)(H,75,89)(H,76,97)(H,77,91)(H,78,94)(H,79,93)(H,80,96)(H,81,98)(H,82,95)/t35-,36+,37?,46+,47+,48+,49+,50+,51+,55?,56+,57?/m1/s1. The van der Waals surface area contributed by atoms with Crippen LogP contribution in [0.3, 0.4) is 0 Å². The van der Waals surface area contributed by atoms with Crippen molar-refractivity contribution in [3.05, 3.63) is 114 Å². The number of phenols is 2. The summed E-state index contributed by atoms with van der Waals surface area (Å²) in [6, 6.07) is 5.32. The number of carbonyl (C=O) groups is 13. The van der Waals surface area contributed by atoms with E-state index in [-0.39, 0.29) is 62.5 Å². The highest BCUT2D eigenvalue weighted by Crippen LogP contribution is 2.23. The van der Waals surface area contributed by atoms with E-state index in [9.17, 15) is 77.6 Å². The number of rotatable bonds is 37. The van der Waals surface area contributed by atoms with Crippen LogP contribution >= 0.6 is 0 Å². The zero-order valence-corrected chi connectivity index (χ0v) is 55.9. The van der Waals surface area contributed by atoms with Crippen molar-refractivity contribution in [1.82, 2.24) is 67.7 Å². The van der Waals surface area contributed by atoms with Crippen molar-refractivity contribution in [2.75, 3.05) is 13.1 Å². The Labute approximate surface area is 570 Å². The lowest BCUT2D eigenvalue weighted by Gasteiger charge is -2.32. The molecule has 12 atom stereocenters. The van der Waals surface area contributed by atoms with Gasteiger partial charge >= 0.3 is 0 Å². The molecule has 0 spiro atoms. The molecule has 0 bridgehead atoms. The molecular weight excluding hydrogens is 1280 g/mol. The van der Waals surface area contributed by atoms with E-state index in [0.717, 1.165) is 15.8 Å². The van der Waals surface area contributed by atoms with Crippen LogP contribution in [0.15, 0.2) is 91.5 Å². The van der Waals surface area contributed by atoms with Gasteiger partial charge in [-0.3, -0.25) is 62.3 Å². The lowest BCUT2D eigenvalue weighted by molar-refractivity contribution is -0.144. The maximum atomic E-state index is 14.6. The molecule has 3 unspecified atom stereocenters. The van der Waals surface area contributed by atoms with Crippen molar-refractivity contribution in [3.63, 3.8) is 0 Å². The number of imidazole rings is 1. The molecule has 0 aliphatic carbocycles. The molecule has 20 N–H and O–H groups in total. The van der Waals surface area contributed by atoms with Gasteiger partial charge in [0.25, 0.3) is 0 Å². The molecule has 6 rings (SSSR count). The number of nitrogens with two attached hydrogens (primary N) is 3. The van der Waals surface area contributed by atoms with Crippen LogP contribution in [0.5, 0.6) is 11.5 Å². The highest BCUT2D eigenvalue weighted by Gasteiger charge is 2.42. The SMILES string of the molecule is CC[C@@H](C)[C@H](NC(=O)C(NC(=O)[C@H](CC(N)=O)NC(=O)[C@H](CCC(N)=O)NC(=O)[C@@H]1CCCN1C(=O)C(NC(=O)[C@H](Cc1ccc(O)cc1)NC(=O)CNC(=O)[C@H](Cc1ccc(O)cc1)NC(=O)[C@H](Cc1c[nH]c2ccccc12)NC(=O)[C@@H](C)Cc1cnc[nH]1)C(C)O)C(C)C)C(N)=O. The van der Waals surface area contributed by atoms with Gasteiger partial charge in [0, 0.05) is 73.6 Å². The van der Waals surface area contributed by atoms with Crippen molar-refractivity contribution < 1.29 is 77.6 Å². The zero-order valence-electron chi connectivity index (χ0n) is 55.9. The lowest BCUT2D eigenvalue weighted by atomic mass is 9.96. The number of nitrogens with one attached hydrogen (secondary N) is 11. The minimum absolute atomic E-state index is 0.0187. The fourth-order valence-electron chi connectivity index (χ4n) is 11.2. The van der Waals surface area contributed by atoms with Crippen molar-refractivity contribution in [2.24, 2.45) is 35.0 Å².